The van der Waals surface area contributed by atoms with E-state index in [4.69, 9.17) is 0 Å². The van der Waals surface area contributed by atoms with Crippen molar-refractivity contribution < 1.29 is 18.3 Å². The number of phenols is 1. The second-order valence-electron chi connectivity index (χ2n) is 4.32. The lowest BCUT2D eigenvalue weighted by Crippen LogP contribution is -2.18. The van der Waals surface area contributed by atoms with Crippen LogP contribution in [-0.2, 0) is 12.7 Å². The van der Waals surface area contributed by atoms with Crippen LogP contribution in [0.1, 0.15) is 24.0 Å². The lowest BCUT2D eigenvalue weighted by Gasteiger charge is -2.16. The molecule has 2 nitrogen and oxygen atoms in total. The minimum atomic E-state index is -4.40. The molecule has 1 aromatic carbocycles. The standard InChI is InChI=1S/C12H14F3NO/c13-12(14,15)10-4-3-9(11(17)7-10)8-16-5-1-2-6-16/h3-4,7,17H,1-2,5-6,8H2. The first-order chi connectivity index (χ1) is 7.97. The van der Waals surface area contributed by atoms with Crippen molar-refractivity contribution in [1.29, 1.82) is 0 Å². The largest absolute Gasteiger partial charge is 0.508 e. The number of nitrogens with zero attached hydrogens (tertiary/aromatic N) is 1. The third-order valence-corrected chi connectivity index (χ3v) is 3.01. The van der Waals surface area contributed by atoms with Crippen LogP contribution in [-0.4, -0.2) is 23.1 Å². The van der Waals surface area contributed by atoms with Gasteiger partial charge >= 0.3 is 6.18 Å². The molecule has 1 heterocycles. The summed E-state index contributed by atoms with van der Waals surface area (Å²) in [6.07, 6.45) is -2.17. The van der Waals surface area contributed by atoms with Crippen LogP contribution in [0.4, 0.5) is 13.2 Å². The maximum absolute atomic E-state index is 12.4. The molecular weight excluding hydrogens is 231 g/mol. The van der Waals surface area contributed by atoms with Crippen LogP contribution in [0, 0.1) is 0 Å². The van der Waals surface area contributed by atoms with E-state index in [-0.39, 0.29) is 5.75 Å². The monoisotopic (exact) mass is 245 g/mol. The van der Waals surface area contributed by atoms with Crippen molar-refractivity contribution >= 4 is 0 Å². The smallest absolute Gasteiger partial charge is 0.416 e. The summed E-state index contributed by atoms with van der Waals surface area (Å²) < 4.78 is 37.1. The number of aromatic hydroxyl groups is 1. The molecule has 1 aliphatic heterocycles. The van der Waals surface area contributed by atoms with Gasteiger partial charge in [0.05, 0.1) is 5.56 Å². The Morgan fingerprint density at radius 2 is 1.82 bits per heavy atom. The fourth-order valence-electron chi connectivity index (χ4n) is 2.06. The van der Waals surface area contributed by atoms with E-state index in [1.165, 1.54) is 6.07 Å². The third-order valence-electron chi connectivity index (χ3n) is 3.01. The highest BCUT2D eigenvalue weighted by atomic mass is 19.4. The molecule has 0 unspecified atom stereocenters. The summed E-state index contributed by atoms with van der Waals surface area (Å²) in [5.41, 5.74) is -0.250. The zero-order chi connectivity index (χ0) is 12.5. The topological polar surface area (TPSA) is 23.5 Å². The fourth-order valence-corrected chi connectivity index (χ4v) is 2.06. The highest BCUT2D eigenvalue weighted by Gasteiger charge is 2.31. The van der Waals surface area contributed by atoms with E-state index in [0.717, 1.165) is 38.1 Å². The molecule has 94 valence electrons. The Bertz CT molecular complexity index is 397. The number of hydrogen-bond acceptors (Lipinski definition) is 2. The van der Waals surface area contributed by atoms with E-state index in [2.05, 4.69) is 4.90 Å². The summed E-state index contributed by atoms with van der Waals surface area (Å²) in [6.45, 7) is 2.41. The molecule has 0 aromatic heterocycles. The Hall–Kier alpha value is -1.23. The summed E-state index contributed by atoms with van der Waals surface area (Å²) in [5.74, 6) is -0.272. The predicted octanol–water partition coefficient (Wildman–Crippen LogP) is 3.01. The van der Waals surface area contributed by atoms with Gasteiger partial charge in [-0.2, -0.15) is 13.2 Å². The summed E-state index contributed by atoms with van der Waals surface area (Å²) in [4.78, 5) is 2.13. The highest BCUT2D eigenvalue weighted by Crippen LogP contribution is 2.33. The second kappa shape index (κ2) is 4.56. The number of rotatable bonds is 2. The van der Waals surface area contributed by atoms with Gasteiger partial charge in [0.15, 0.2) is 0 Å². The van der Waals surface area contributed by atoms with Crippen LogP contribution >= 0.6 is 0 Å². The van der Waals surface area contributed by atoms with Crippen molar-refractivity contribution in [2.75, 3.05) is 13.1 Å². The lowest BCUT2D eigenvalue weighted by atomic mass is 10.1. The molecule has 1 saturated heterocycles. The van der Waals surface area contributed by atoms with Crippen molar-refractivity contribution in [3.63, 3.8) is 0 Å². The first-order valence-electron chi connectivity index (χ1n) is 5.58. The molecule has 17 heavy (non-hydrogen) atoms. The maximum Gasteiger partial charge on any atom is 0.416 e. The Balaban J connectivity index is 2.14. The van der Waals surface area contributed by atoms with Crippen molar-refractivity contribution in [2.24, 2.45) is 0 Å². The Morgan fingerprint density at radius 3 is 2.35 bits per heavy atom. The first kappa shape index (κ1) is 12.2. The van der Waals surface area contributed by atoms with E-state index < -0.39 is 11.7 Å². The van der Waals surface area contributed by atoms with E-state index >= 15 is 0 Å². The predicted molar refractivity (Wildman–Crippen MR) is 57.6 cm³/mol. The molecule has 0 amide bonds. The van der Waals surface area contributed by atoms with Crippen LogP contribution in [0.3, 0.4) is 0 Å². The van der Waals surface area contributed by atoms with Crippen molar-refractivity contribution in [2.45, 2.75) is 25.6 Å². The number of benzene rings is 1. The van der Waals surface area contributed by atoms with Gasteiger partial charge in [-0.3, -0.25) is 4.90 Å². The molecule has 1 N–H and O–H groups in total. The quantitative estimate of drug-likeness (QED) is 0.865. The molecule has 1 aliphatic rings. The number of likely N-dealkylation sites (tertiary alicyclic amines) is 1. The molecule has 1 aromatic rings. The van der Waals surface area contributed by atoms with Gasteiger partial charge in [0.2, 0.25) is 0 Å². The van der Waals surface area contributed by atoms with Crippen molar-refractivity contribution in [3.8, 4) is 5.75 Å². The van der Waals surface area contributed by atoms with Crippen LogP contribution in [0.5, 0.6) is 5.75 Å². The van der Waals surface area contributed by atoms with Crippen molar-refractivity contribution in [1.82, 2.24) is 4.90 Å². The van der Waals surface area contributed by atoms with E-state index in [9.17, 15) is 18.3 Å². The van der Waals surface area contributed by atoms with Gasteiger partial charge in [-0.1, -0.05) is 6.07 Å². The van der Waals surface area contributed by atoms with Gasteiger partial charge in [-0.05, 0) is 38.1 Å². The molecule has 0 aliphatic carbocycles. The number of alkyl halides is 3. The molecule has 2 rings (SSSR count). The highest BCUT2D eigenvalue weighted by molar-refractivity contribution is 5.37. The van der Waals surface area contributed by atoms with Gasteiger partial charge in [-0.15, -0.1) is 0 Å². The minimum Gasteiger partial charge on any atom is -0.508 e. The lowest BCUT2D eigenvalue weighted by molar-refractivity contribution is -0.137. The molecule has 0 bridgehead atoms. The van der Waals surface area contributed by atoms with Crippen LogP contribution in [0.25, 0.3) is 0 Å². The number of hydrogen-bond donors (Lipinski definition) is 1. The van der Waals surface area contributed by atoms with Gasteiger partial charge in [0, 0.05) is 12.1 Å². The normalized spacial score (nSPS) is 17.6. The molecule has 0 radical (unpaired) electrons. The zero-order valence-electron chi connectivity index (χ0n) is 9.30. The third kappa shape index (κ3) is 2.91. The summed E-state index contributed by atoms with van der Waals surface area (Å²) in [7, 11) is 0. The van der Waals surface area contributed by atoms with E-state index in [1.807, 2.05) is 0 Å². The van der Waals surface area contributed by atoms with Crippen molar-refractivity contribution in [3.05, 3.63) is 29.3 Å². The Morgan fingerprint density at radius 1 is 1.18 bits per heavy atom. The molecule has 1 fully saturated rings. The molecule has 0 saturated carbocycles. The average molecular weight is 245 g/mol. The molecule has 0 atom stereocenters. The molecular formula is C12H14F3NO. The van der Waals surface area contributed by atoms with Gasteiger partial charge in [0.25, 0.3) is 0 Å². The van der Waals surface area contributed by atoms with Crippen LogP contribution < -0.4 is 0 Å². The minimum absolute atomic E-state index is 0.272. The number of phenolic OH excluding ortho intramolecular Hbond substituents is 1. The Kier molecular flexibility index (Phi) is 3.28. The van der Waals surface area contributed by atoms with E-state index in [0.29, 0.717) is 12.1 Å². The summed E-state index contributed by atoms with van der Waals surface area (Å²) >= 11 is 0. The Labute approximate surface area is 97.7 Å². The van der Waals surface area contributed by atoms with E-state index in [1.54, 1.807) is 0 Å². The SMILES string of the molecule is Oc1cc(C(F)(F)F)ccc1CN1CCCC1. The van der Waals surface area contributed by atoms with Gasteiger partial charge < -0.3 is 5.11 Å². The fraction of sp³-hybridized carbons (Fsp3) is 0.500. The van der Waals surface area contributed by atoms with Gasteiger partial charge in [0.1, 0.15) is 5.75 Å². The molecule has 5 heteroatoms. The van der Waals surface area contributed by atoms with Gasteiger partial charge in [-0.25, -0.2) is 0 Å². The zero-order valence-corrected chi connectivity index (χ0v) is 9.30. The average Bonchev–Trinajstić information content (AvgIpc) is 2.72. The summed E-state index contributed by atoms with van der Waals surface area (Å²) in [5, 5.41) is 9.59. The van der Waals surface area contributed by atoms with Crippen LogP contribution in [0.15, 0.2) is 18.2 Å². The maximum atomic E-state index is 12.4. The van der Waals surface area contributed by atoms with Crippen LogP contribution in [0.2, 0.25) is 0 Å². The second-order valence-corrected chi connectivity index (χ2v) is 4.32. The number of halogens is 3. The molecule has 0 spiro atoms. The summed E-state index contributed by atoms with van der Waals surface area (Å²) in [6, 6.07) is 3.17. The first-order valence-corrected chi connectivity index (χ1v) is 5.58.